The minimum absolute atomic E-state index is 0.0219. The van der Waals surface area contributed by atoms with Gasteiger partial charge in [0, 0.05) is 20.7 Å². The van der Waals surface area contributed by atoms with Crippen LogP contribution in [0.5, 0.6) is 0 Å². The van der Waals surface area contributed by atoms with Gasteiger partial charge >= 0.3 is 6.18 Å². The number of aromatic nitrogens is 2. The summed E-state index contributed by atoms with van der Waals surface area (Å²) in [4.78, 5) is 17.6. The predicted octanol–water partition coefficient (Wildman–Crippen LogP) is 6.62. The van der Waals surface area contributed by atoms with Crippen molar-refractivity contribution in [2.75, 3.05) is 0 Å². The fraction of sp³-hybridized carbons (Fsp3) is 0.667. The molecule has 9 rings (SSSR count). The van der Waals surface area contributed by atoms with Crippen molar-refractivity contribution in [2.24, 2.45) is 16.7 Å². The van der Waals surface area contributed by atoms with Crippen molar-refractivity contribution >= 4 is 21.8 Å². The van der Waals surface area contributed by atoms with Crippen LogP contribution in [-0.4, -0.2) is 28.4 Å². The van der Waals surface area contributed by atoms with Crippen LogP contribution in [-0.2, 0) is 15.6 Å². The maximum absolute atomic E-state index is 16.4. The molecule has 0 saturated heterocycles. The summed E-state index contributed by atoms with van der Waals surface area (Å²) >= 11 is 3.52. The number of hydrogen-bond donors (Lipinski definition) is 1. The Hall–Kier alpha value is -1.97. The Balaban J connectivity index is 1.18. The Kier molecular flexibility index (Phi) is 4.93. The van der Waals surface area contributed by atoms with Crippen LogP contribution in [0.2, 0.25) is 0 Å². The molecule has 0 aliphatic heterocycles. The van der Waals surface area contributed by atoms with Crippen LogP contribution in [0.3, 0.4) is 0 Å². The van der Waals surface area contributed by atoms with E-state index >= 15 is 4.39 Å². The van der Waals surface area contributed by atoms with E-state index in [-0.39, 0.29) is 42.3 Å². The predicted molar refractivity (Wildman–Crippen MR) is 128 cm³/mol. The van der Waals surface area contributed by atoms with Gasteiger partial charge in [0.15, 0.2) is 5.82 Å². The first kappa shape index (κ1) is 24.1. The zero-order valence-electron chi connectivity index (χ0n) is 20.2. The van der Waals surface area contributed by atoms with Gasteiger partial charge in [-0.3, -0.25) is 4.79 Å². The lowest BCUT2D eigenvalue weighted by Crippen LogP contribution is -2.63. The number of nitrogens with zero attached hydrogens (tertiary/aromatic N) is 2. The molecule has 1 aromatic heterocycles. The molecule has 0 spiro atoms. The maximum atomic E-state index is 16.4. The molecule has 198 valence electrons. The fourth-order valence-electron chi connectivity index (χ4n) is 7.70. The lowest BCUT2D eigenvalue weighted by Gasteiger charge is -2.61. The Morgan fingerprint density at radius 2 is 1.78 bits per heavy atom. The van der Waals surface area contributed by atoms with E-state index in [1.165, 1.54) is 0 Å². The van der Waals surface area contributed by atoms with Gasteiger partial charge in [-0.2, -0.15) is 18.2 Å². The van der Waals surface area contributed by atoms with Crippen LogP contribution in [0.15, 0.2) is 33.3 Å². The Labute approximate surface area is 220 Å². The number of alkyl halides is 4. The van der Waals surface area contributed by atoms with Crippen molar-refractivity contribution in [1.29, 1.82) is 0 Å². The average molecular weight is 582 g/mol. The van der Waals surface area contributed by atoms with Gasteiger partial charge < -0.3 is 9.84 Å². The van der Waals surface area contributed by atoms with E-state index in [0.717, 1.165) is 29.3 Å². The molecule has 1 aromatic carbocycles. The lowest BCUT2D eigenvalue weighted by atomic mass is 9.44. The molecule has 1 N–H and O–H groups in total. The highest BCUT2D eigenvalue weighted by Crippen LogP contribution is 2.66. The molecule has 37 heavy (non-hydrogen) atoms. The number of nitrogens with one attached hydrogen (secondary N) is 1. The van der Waals surface area contributed by atoms with Gasteiger partial charge in [-0.05, 0) is 87.8 Å². The van der Waals surface area contributed by atoms with Crippen LogP contribution in [0.1, 0.15) is 87.5 Å². The minimum Gasteiger partial charge on any atom is -0.348 e. The minimum atomic E-state index is -4.44. The summed E-state index contributed by atoms with van der Waals surface area (Å²) in [7, 11) is 0. The van der Waals surface area contributed by atoms with Gasteiger partial charge in [0.1, 0.15) is 11.6 Å². The van der Waals surface area contributed by atoms with Crippen molar-refractivity contribution in [3.8, 4) is 0 Å². The molecule has 1 heterocycles. The van der Waals surface area contributed by atoms with Gasteiger partial charge in [0.25, 0.3) is 0 Å². The number of carbonyl (C=O) groups is 1. The van der Waals surface area contributed by atoms with Gasteiger partial charge in [-0.1, -0.05) is 33.2 Å². The third-order valence-corrected chi connectivity index (χ3v) is 11.0. The smallest absolute Gasteiger partial charge is 0.348 e. The SMILES string of the molecule is O=C(NC(c1cccc(Br)c1)C12CCC(c3noc(C4(C(F)(F)F)CC4)n3)(CC1)CC2F)C12CC(C1)C2. The monoisotopic (exact) mass is 581 g/mol. The standard InChI is InChI=1S/C27H28BrF4N3O2/c28-17-3-1-2-16(10-17)19(33-21(36)24-11-15(12-24)13-24)25-6-4-23(5-7-25,14-18(25)29)20-34-22(37-35-20)26(8-9-26)27(30,31)32/h1-3,10,15,18-19H,4-9,11-14H2,(H,33,36). The number of hydrogen-bond acceptors (Lipinski definition) is 4. The Morgan fingerprint density at radius 1 is 1.08 bits per heavy atom. The first-order valence-corrected chi connectivity index (χ1v) is 13.9. The molecule has 1 amide bonds. The summed E-state index contributed by atoms with van der Waals surface area (Å²) in [6.45, 7) is 0. The van der Waals surface area contributed by atoms with Crippen LogP contribution < -0.4 is 5.32 Å². The van der Waals surface area contributed by atoms with Gasteiger partial charge in [-0.25, -0.2) is 4.39 Å². The molecule has 10 heteroatoms. The molecular weight excluding hydrogens is 554 g/mol. The van der Waals surface area contributed by atoms with E-state index in [2.05, 4.69) is 31.4 Å². The van der Waals surface area contributed by atoms with Gasteiger partial charge in [0.05, 0.1) is 6.04 Å². The summed E-state index contributed by atoms with van der Waals surface area (Å²) in [5.41, 5.74) is -3.01. The molecule has 2 unspecified atom stereocenters. The molecule has 0 radical (unpaired) electrons. The van der Waals surface area contributed by atoms with Crippen LogP contribution >= 0.6 is 15.9 Å². The highest BCUT2D eigenvalue weighted by molar-refractivity contribution is 9.10. The zero-order chi connectivity index (χ0) is 25.8. The largest absolute Gasteiger partial charge is 0.403 e. The highest BCUT2D eigenvalue weighted by atomic mass is 79.9. The van der Waals surface area contributed by atoms with Crippen molar-refractivity contribution in [3.63, 3.8) is 0 Å². The molecule has 2 atom stereocenters. The second kappa shape index (κ2) is 7.57. The Morgan fingerprint density at radius 3 is 2.32 bits per heavy atom. The van der Waals surface area contributed by atoms with Crippen LogP contribution in [0.25, 0.3) is 0 Å². The number of rotatable bonds is 6. The van der Waals surface area contributed by atoms with Crippen molar-refractivity contribution in [1.82, 2.24) is 15.5 Å². The second-order valence-corrected chi connectivity index (χ2v) is 13.3. The van der Waals surface area contributed by atoms with E-state index in [9.17, 15) is 18.0 Å². The fourth-order valence-corrected chi connectivity index (χ4v) is 8.12. The molecule has 7 aliphatic rings. The van der Waals surface area contributed by atoms with Crippen LogP contribution in [0, 0.1) is 16.7 Å². The molecule has 4 bridgehead atoms. The summed E-state index contributed by atoms with van der Waals surface area (Å²) in [5.74, 6) is 0.485. The number of carbonyl (C=O) groups excluding carboxylic acids is 1. The summed E-state index contributed by atoms with van der Waals surface area (Å²) in [5, 5.41) is 7.26. The summed E-state index contributed by atoms with van der Waals surface area (Å²) in [6, 6.07) is 7.20. The maximum Gasteiger partial charge on any atom is 0.403 e. The first-order chi connectivity index (χ1) is 17.5. The normalized spacial score (nSPS) is 37.9. The van der Waals surface area contributed by atoms with E-state index < -0.39 is 34.6 Å². The third-order valence-electron chi connectivity index (χ3n) is 10.5. The van der Waals surface area contributed by atoms with Gasteiger partial charge in [-0.15, -0.1) is 0 Å². The zero-order valence-corrected chi connectivity index (χ0v) is 21.8. The molecule has 7 saturated carbocycles. The summed E-state index contributed by atoms with van der Waals surface area (Å²) in [6.07, 6.45) is -0.933. The Bertz CT molecular complexity index is 1250. The quantitative estimate of drug-likeness (QED) is 0.389. The van der Waals surface area contributed by atoms with Gasteiger partial charge in [0.2, 0.25) is 11.8 Å². The van der Waals surface area contributed by atoms with Crippen molar-refractivity contribution in [2.45, 2.75) is 93.4 Å². The van der Waals surface area contributed by atoms with Crippen molar-refractivity contribution < 1.29 is 26.9 Å². The number of halogens is 5. The molecule has 2 aromatic rings. The third kappa shape index (κ3) is 3.29. The lowest BCUT2D eigenvalue weighted by molar-refractivity contribution is -0.169. The van der Waals surface area contributed by atoms with Crippen molar-refractivity contribution in [3.05, 3.63) is 46.0 Å². The first-order valence-electron chi connectivity index (χ1n) is 13.1. The molecule has 7 aliphatic carbocycles. The molecular formula is C27H28BrF4N3O2. The van der Waals surface area contributed by atoms with E-state index in [4.69, 9.17) is 4.52 Å². The molecule has 7 fully saturated rings. The second-order valence-electron chi connectivity index (χ2n) is 12.4. The number of fused-ring (bicyclic) bond motifs is 3. The molecule has 5 nitrogen and oxygen atoms in total. The highest BCUT2D eigenvalue weighted by Gasteiger charge is 2.69. The van der Waals surface area contributed by atoms with E-state index in [1.54, 1.807) is 0 Å². The topological polar surface area (TPSA) is 68.0 Å². The van der Waals surface area contributed by atoms with E-state index in [0.29, 0.717) is 31.6 Å². The summed E-state index contributed by atoms with van der Waals surface area (Å²) < 4.78 is 63.2. The number of amides is 1. The van der Waals surface area contributed by atoms with E-state index in [1.807, 2.05) is 24.3 Å². The average Bonchev–Trinajstić information content (AvgIpc) is 3.46. The van der Waals surface area contributed by atoms with Crippen LogP contribution in [0.4, 0.5) is 17.6 Å². The number of benzene rings is 1.